The molecule has 2 aromatic rings. The maximum Gasteiger partial charge on any atom is 0.127 e. The normalized spacial score (nSPS) is 22.1. The van der Waals surface area contributed by atoms with E-state index in [-0.39, 0.29) is 5.41 Å². The molecule has 2 heterocycles. The van der Waals surface area contributed by atoms with Crippen LogP contribution in [0.1, 0.15) is 64.0 Å². The lowest BCUT2D eigenvalue weighted by atomic mass is 9.77. The Labute approximate surface area is 127 Å². The number of nitrogens with one attached hydrogen (secondary N) is 1. The van der Waals surface area contributed by atoms with Gasteiger partial charge in [-0.3, -0.25) is 0 Å². The zero-order valence-electron chi connectivity index (χ0n) is 13.9. The minimum atomic E-state index is 0.251. The van der Waals surface area contributed by atoms with Gasteiger partial charge in [0.1, 0.15) is 5.82 Å². The van der Waals surface area contributed by atoms with E-state index < -0.39 is 0 Å². The molecular formula is C18H27N3. The van der Waals surface area contributed by atoms with Crippen LogP contribution in [0, 0.1) is 12.3 Å². The highest BCUT2D eigenvalue weighted by molar-refractivity contribution is 5.77. The van der Waals surface area contributed by atoms with Crippen LogP contribution >= 0.6 is 0 Å². The van der Waals surface area contributed by atoms with Crippen molar-refractivity contribution in [1.29, 1.82) is 0 Å². The van der Waals surface area contributed by atoms with E-state index in [4.69, 9.17) is 4.98 Å². The van der Waals surface area contributed by atoms with E-state index in [9.17, 15) is 0 Å². The van der Waals surface area contributed by atoms with Crippen molar-refractivity contribution in [2.45, 2.75) is 59.5 Å². The zero-order chi connectivity index (χ0) is 15.2. The van der Waals surface area contributed by atoms with Crippen molar-refractivity contribution in [3.63, 3.8) is 0 Å². The van der Waals surface area contributed by atoms with Crippen LogP contribution in [0.4, 0.5) is 0 Å². The number of rotatable bonds is 2. The van der Waals surface area contributed by atoms with Gasteiger partial charge in [0.05, 0.1) is 17.1 Å². The van der Waals surface area contributed by atoms with E-state index in [1.807, 2.05) is 0 Å². The predicted octanol–water partition coefficient (Wildman–Crippen LogP) is 4.38. The first-order valence-electron chi connectivity index (χ1n) is 8.12. The smallest absolute Gasteiger partial charge is 0.127 e. The Kier molecular flexibility index (Phi) is 3.56. The third-order valence-corrected chi connectivity index (χ3v) is 4.77. The van der Waals surface area contributed by atoms with Crippen molar-refractivity contribution in [3.8, 4) is 0 Å². The fourth-order valence-corrected chi connectivity index (χ4v) is 3.63. The van der Waals surface area contributed by atoms with E-state index in [0.717, 1.165) is 12.1 Å². The summed E-state index contributed by atoms with van der Waals surface area (Å²) < 4.78 is 2.42. The first kappa shape index (κ1) is 14.6. The van der Waals surface area contributed by atoms with Crippen LogP contribution in [0.3, 0.4) is 0 Å². The molecule has 3 heteroatoms. The molecule has 3 nitrogen and oxygen atoms in total. The highest BCUT2D eigenvalue weighted by Gasteiger charge is 2.36. The molecule has 1 aliphatic heterocycles. The summed E-state index contributed by atoms with van der Waals surface area (Å²) in [5, 5.41) is 3.71. The molecule has 0 bridgehead atoms. The second kappa shape index (κ2) is 5.13. The Balaban J connectivity index is 2.19. The van der Waals surface area contributed by atoms with Gasteiger partial charge >= 0.3 is 0 Å². The molecule has 0 aliphatic carbocycles. The van der Waals surface area contributed by atoms with Crippen LogP contribution in [-0.2, 0) is 0 Å². The topological polar surface area (TPSA) is 29.9 Å². The van der Waals surface area contributed by atoms with Gasteiger partial charge in [-0.2, -0.15) is 0 Å². The number of aryl methyl sites for hydroxylation is 1. The number of imidazole rings is 1. The molecule has 1 saturated heterocycles. The Morgan fingerprint density at radius 1 is 1.33 bits per heavy atom. The van der Waals surface area contributed by atoms with Gasteiger partial charge in [0, 0.05) is 6.04 Å². The van der Waals surface area contributed by atoms with Gasteiger partial charge in [0.2, 0.25) is 0 Å². The minimum Gasteiger partial charge on any atom is -0.324 e. The van der Waals surface area contributed by atoms with Gasteiger partial charge in [0.25, 0.3) is 0 Å². The average Bonchev–Trinajstić information content (AvgIpc) is 2.76. The molecule has 3 rings (SSSR count). The monoisotopic (exact) mass is 285 g/mol. The quantitative estimate of drug-likeness (QED) is 0.887. The number of piperidine rings is 1. The molecule has 1 aromatic heterocycles. The van der Waals surface area contributed by atoms with E-state index >= 15 is 0 Å². The van der Waals surface area contributed by atoms with Crippen LogP contribution in [-0.4, -0.2) is 16.1 Å². The molecule has 0 spiro atoms. The first-order valence-corrected chi connectivity index (χ1v) is 8.12. The summed E-state index contributed by atoms with van der Waals surface area (Å²) in [4.78, 5) is 5.01. The van der Waals surface area contributed by atoms with Gasteiger partial charge in [-0.15, -0.1) is 0 Å². The number of hydrogen-bond acceptors (Lipinski definition) is 2. The standard InChI is InChI=1S/C18H27N3/c1-12(2)21-15-8-7-13(3)11-14(15)20-17(21)16-18(4,5)9-6-10-19-16/h7-8,11-12,16,19H,6,9-10H2,1-5H3. The highest BCUT2D eigenvalue weighted by atomic mass is 15.2. The third kappa shape index (κ3) is 2.48. The van der Waals surface area contributed by atoms with Gasteiger partial charge < -0.3 is 9.88 Å². The lowest BCUT2D eigenvalue weighted by molar-refractivity contribution is 0.169. The summed E-state index contributed by atoms with van der Waals surface area (Å²) in [6, 6.07) is 7.37. The molecule has 1 fully saturated rings. The third-order valence-electron chi connectivity index (χ3n) is 4.77. The molecular weight excluding hydrogens is 258 g/mol. The zero-order valence-corrected chi connectivity index (χ0v) is 13.9. The SMILES string of the molecule is Cc1ccc2c(c1)nc(C1NCCCC1(C)C)n2C(C)C. The Bertz CT molecular complexity index is 652. The number of fused-ring (bicyclic) bond motifs is 1. The van der Waals surface area contributed by atoms with Crippen molar-refractivity contribution in [1.82, 2.24) is 14.9 Å². The van der Waals surface area contributed by atoms with Gasteiger partial charge in [-0.25, -0.2) is 4.98 Å². The van der Waals surface area contributed by atoms with E-state index in [0.29, 0.717) is 12.1 Å². The molecule has 1 atom stereocenters. The number of benzene rings is 1. The van der Waals surface area contributed by atoms with Crippen molar-refractivity contribution < 1.29 is 0 Å². The molecule has 0 amide bonds. The molecule has 1 aliphatic rings. The maximum atomic E-state index is 5.01. The highest BCUT2D eigenvalue weighted by Crippen LogP contribution is 2.41. The lowest BCUT2D eigenvalue weighted by Crippen LogP contribution is -2.41. The van der Waals surface area contributed by atoms with Crippen molar-refractivity contribution in [2.75, 3.05) is 6.54 Å². The number of nitrogens with zero attached hydrogens (tertiary/aromatic N) is 2. The summed E-state index contributed by atoms with van der Waals surface area (Å²) in [6.07, 6.45) is 2.51. The molecule has 114 valence electrons. The summed E-state index contributed by atoms with van der Waals surface area (Å²) in [5.74, 6) is 1.20. The summed E-state index contributed by atoms with van der Waals surface area (Å²) >= 11 is 0. The van der Waals surface area contributed by atoms with Gasteiger partial charge in [-0.05, 0) is 63.3 Å². The molecule has 1 aromatic carbocycles. The van der Waals surface area contributed by atoms with Crippen molar-refractivity contribution in [3.05, 3.63) is 29.6 Å². The summed E-state index contributed by atoms with van der Waals surface area (Å²) in [6.45, 7) is 12.4. The number of hydrogen-bond donors (Lipinski definition) is 1. The van der Waals surface area contributed by atoms with Crippen LogP contribution in [0.25, 0.3) is 11.0 Å². The molecule has 0 saturated carbocycles. The van der Waals surface area contributed by atoms with E-state index in [1.165, 1.54) is 29.7 Å². The van der Waals surface area contributed by atoms with Crippen LogP contribution in [0.15, 0.2) is 18.2 Å². The predicted molar refractivity (Wildman–Crippen MR) is 88.6 cm³/mol. The average molecular weight is 285 g/mol. The van der Waals surface area contributed by atoms with E-state index in [2.05, 4.69) is 62.7 Å². The van der Waals surface area contributed by atoms with Crippen LogP contribution < -0.4 is 5.32 Å². The van der Waals surface area contributed by atoms with Gasteiger partial charge in [0.15, 0.2) is 0 Å². The summed E-state index contributed by atoms with van der Waals surface area (Å²) in [7, 11) is 0. The Morgan fingerprint density at radius 2 is 2.10 bits per heavy atom. The second-order valence-corrected chi connectivity index (χ2v) is 7.41. The molecule has 21 heavy (non-hydrogen) atoms. The lowest BCUT2D eigenvalue weighted by Gasteiger charge is -2.39. The maximum absolute atomic E-state index is 5.01. The molecule has 1 N–H and O–H groups in total. The van der Waals surface area contributed by atoms with Crippen molar-refractivity contribution in [2.24, 2.45) is 5.41 Å². The van der Waals surface area contributed by atoms with Crippen LogP contribution in [0.2, 0.25) is 0 Å². The van der Waals surface area contributed by atoms with Crippen LogP contribution in [0.5, 0.6) is 0 Å². The first-order chi connectivity index (χ1) is 9.90. The van der Waals surface area contributed by atoms with E-state index in [1.54, 1.807) is 0 Å². The largest absolute Gasteiger partial charge is 0.324 e. The molecule has 0 radical (unpaired) electrons. The summed E-state index contributed by atoms with van der Waals surface area (Å²) in [5.41, 5.74) is 3.91. The van der Waals surface area contributed by atoms with Gasteiger partial charge in [-0.1, -0.05) is 19.9 Å². The molecule has 1 unspecified atom stereocenters. The fourth-order valence-electron chi connectivity index (χ4n) is 3.63. The fraction of sp³-hybridized carbons (Fsp3) is 0.611. The van der Waals surface area contributed by atoms with Crippen molar-refractivity contribution >= 4 is 11.0 Å². The number of aromatic nitrogens is 2. The minimum absolute atomic E-state index is 0.251. The Hall–Kier alpha value is -1.35. The second-order valence-electron chi connectivity index (χ2n) is 7.41. The Morgan fingerprint density at radius 3 is 2.76 bits per heavy atom.